The van der Waals surface area contributed by atoms with Crippen LogP contribution in [-0.4, -0.2) is 34.8 Å². The number of aromatic nitrogens is 3. The second-order valence-corrected chi connectivity index (χ2v) is 5.64. The third kappa shape index (κ3) is 2.48. The maximum atomic E-state index is 6.11. The molecule has 0 N–H and O–H groups in total. The molecule has 5 nitrogen and oxygen atoms in total. The van der Waals surface area contributed by atoms with Crippen LogP contribution in [0.4, 0.5) is 0 Å². The molecule has 0 unspecified atom stereocenters. The fraction of sp³-hybridized carbons (Fsp3) is 0.200. The predicted molar refractivity (Wildman–Crippen MR) is 88.3 cm³/mol. The Kier molecular flexibility index (Phi) is 4.13. The van der Waals surface area contributed by atoms with E-state index in [0.29, 0.717) is 16.7 Å². The second-order valence-electron chi connectivity index (χ2n) is 4.48. The number of imidazole rings is 1. The minimum absolute atomic E-state index is 0.444. The van der Waals surface area contributed by atoms with Crippen LogP contribution in [0.1, 0.15) is 0 Å². The van der Waals surface area contributed by atoms with E-state index >= 15 is 0 Å². The van der Waals surface area contributed by atoms with E-state index in [0.717, 1.165) is 21.9 Å². The first kappa shape index (κ1) is 15.0. The van der Waals surface area contributed by atoms with Crippen LogP contribution < -0.4 is 9.47 Å². The van der Waals surface area contributed by atoms with E-state index in [1.165, 1.54) is 11.8 Å². The van der Waals surface area contributed by atoms with Gasteiger partial charge in [-0.05, 0) is 24.5 Å². The van der Waals surface area contributed by atoms with Crippen molar-refractivity contribution in [3.63, 3.8) is 0 Å². The smallest absolute Gasteiger partial charge is 0.175 e. The molecule has 0 spiro atoms. The highest BCUT2D eigenvalue weighted by Crippen LogP contribution is 2.34. The number of thioether (sulfide) groups is 1. The molecule has 7 heteroatoms. The molecule has 2 aromatic heterocycles. The zero-order chi connectivity index (χ0) is 15.7. The van der Waals surface area contributed by atoms with Crippen molar-refractivity contribution in [3.8, 4) is 22.8 Å². The first-order valence-electron chi connectivity index (χ1n) is 6.48. The van der Waals surface area contributed by atoms with Crippen molar-refractivity contribution in [1.82, 2.24) is 14.4 Å². The largest absolute Gasteiger partial charge is 0.493 e. The van der Waals surface area contributed by atoms with Crippen LogP contribution in [0.15, 0.2) is 35.7 Å². The first-order chi connectivity index (χ1) is 10.7. The summed E-state index contributed by atoms with van der Waals surface area (Å²) in [6.45, 7) is 0. The van der Waals surface area contributed by atoms with Crippen LogP contribution in [-0.2, 0) is 0 Å². The Morgan fingerprint density at radius 3 is 2.59 bits per heavy atom. The number of nitrogens with zero attached hydrogens (tertiary/aromatic N) is 3. The lowest BCUT2D eigenvalue weighted by molar-refractivity contribution is 0.355. The molecule has 3 aromatic rings. The zero-order valence-electron chi connectivity index (χ0n) is 12.3. The lowest BCUT2D eigenvalue weighted by Gasteiger charge is -2.09. The van der Waals surface area contributed by atoms with Gasteiger partial charge in [0.1, 0.15) is 11.5 Å². The SMILES string of the molecule is COc1ccc(-c2ncn3c(SC)nc(Cl)cc23)cc1OC. The van der Waals surface area contributed by atoms with Gasteiger partial charge in [-0.3, -0.25) is 4.40 Å². The monoisotopic (exact) mass is 335 g/mol. The fourth-order valence-corrected chi connectivity index (χ4v) is 3.05. The molecule has 0 aliphatic rings. The molecule has 1 aromatic carbocycles. The average molecular weight is 336 g/mol. The lowest BCUT2D eigenvalue weighted by atomic mass is 10.1. The van der Waals surface area contributed by atoms with Crippen molar-refractivity contribution < 1.29 is 9.47 Å². The third-order valence-corrected chi connectivity index (χ3v) is 4.16. The van der Waals surface area contributed by atoms with Gasteiger partial charge >= 0.3 is 0 Å². The number of hydrogen-bond donors (Lipinski definition) is 0. The number of rotatable bonds is 4. The molecule has 0 bridgehead atoms. The second kappa shape index (κ2) is 6.06. The Bertz CT molecular complexity index is 835. The van der Waals surface area contributed by atoms with Gasteiger partial charge in [0, 0.05) is 11.6 Å². The molecule has 0 saturated carbocycles. The van der Waals surface area contributed by atoms with E-state index < -0.39 is 0 Å². The van der Waals surface area contributed by atoms with Gasteiger partial charge in [0.05, 0.1) is 25.4 Å². The molecule has 114 valence electrons. The lowest BCUT2D eigenvalue weighted by Crippen LogP contribution is -1.93. The van der Waals surface area contributed by atoms with Gasteiger partial charge in [0.25, 0.3) is 0 Å². The number of halogens is 1. The van der Waals surface area contributed by atoms with Crippen molar-refractivity contribution in [1.29, 1.82) is 0 Å². The summed E-state index contributed by atoms with van der Waals surface area (Å²) in [5.41, 5.74) is 2.64. The van der Waals surface area contributed by atoms with E-state index in [9.17, 15) is 0 Å². The van der Waals surface area contributed by atoms with Gasteiger partial charge in [-0.15, -0.1) is 0 Å². The maximum Gasteiger partial charge on any atom is 0.175 e. The maximum absolute atomic E-state index is 6.11. The summed E-state index contributed by atoms with van der Waals surface area (Å²) in [6, 6.07) is 7.50. The summed E-state index contributed by atoms with van der Waals surface area (Å²) in [6.07, 6.45) is 3.70. The number of benzene rings is 1. The van der Waals surface area contributed by atoms with Gasteiger partial charge in [-0.2, -0.15) is 0 Å². The number of fused-ring (bicyclic) bond motifs is 1. The molecule has 0 amide bonds. The Hall–Kier alpha value is -1.92. The highest BCUT2D eigenvalue weighted by Gasteiger charge is 2.14. The Morgan fingerprint density at radius 1 is 1.14 bits per heavy atom. The summed E-state index contributed by atoms with van der Waals surface area (Å²) in [5, 5.41) is 1.24. The van der Waals surface area contributed by atoms with Crippen molar-refractivity contribution in [2.45, 2.75) is 5.16 Å². The topological polar surface area (TPSA) is 48.7 Å². The summed E-state index contributed by atoms with van der Waals surface area (Å²) >= 11 is 7.63. The van der Waals surface area contributed by atoms with E-state index in [-0.39, 0.29) is 0 Å². The summed E-state index contributed by atoms with van der Waals surface area (Å²) in [7, 11) is 3.22. The normalized spacial score (nSPS) is 10.9. The summed E-state index contributed by atoms with van der Waals surface area (Å²) in [4.78, 5) is 8.80. The van der Waals surface area contributed by atoms with Crippen LogP contribution in [0, 0.1) is 0 Å². The summed E-state index contributed by atoms with van der Waals surface area (Å²) < 4.78 is 12.5. The molecule has 0 fully saturated rings. The molecule has 22 heavy (non-hydrogen) atoms. The number of hydrogen-bond acceptors (Lipinski definition) is 5. The van der Waals surface area contributed by atoms with Gasteiger partial charge in [0.15, 0.2) is 16.7 Å². The molecule has 2 heterocycles. The molecule has 0 aliphatic heterocycles. The molecular weight excluding hydrogens is 322 g/mol. The van der Waals surface area contributed by atoms with Crippen molar-refractivity contribution >= 4 is 28.9 Å². The minimum Gasteiger partial charge on any atom is -0.493 e. The highest BCUT2D eigenvalue weighted by atomic mass is 35.5. The molecule has 0 atom stereocenters. The van der Waals surface area contributed by atoms with Crippen LogP contribution >= 0.6 is 23.4 Å². The van der Waals surface area contributed by atoms with Gasteiger partial charge in [-0.1, -0.05) is 23.4 Å². The molecule has 3 rings (SSSR count). The first-order valence-corrected chi connectivity index (χ1v) is 8.08. The van der Waals surface area contributed by atoms with E-state index in [2.05, 4.69) is 9.97 Å². The van der Waals surface area contributed by atoms with Crippen LogP contribution in [0.5, 0.6) is 11.5 Å². The Balaban J connectivity index is 2.20. The molecular formula is C15H14ClN3O2S. The van der Waals surface area contributed by atoms with Gasteiger partial charge in [-0.25, -0.2) is 9.97 Å². The molecule has 0 saturated heterocycles. The van der Waals surface area contributed by atoms with E-state index in [1.807, 2.05) is 28.9 Å². The van der Waals surface area contributed by atoms with Crippen LogP contribution in [0.25, 0.3) is 16.8 Å². The van der Waals surface area contributed by atoms with Gasteiger partial charge < -0.3 is 9.47 Å². The van der Waals surface area contributed by atoms with E-state index in [1.54, 1.807) is 26.6 Å². The van der Waals surface area contributed by atoms with Crippen LogP contribution in [0.3, 0.4) is 0 Å². The van der Waals surface area contributed by atoms with Crippen molar-refractivity contribution in [3.05, 3.63) is 35.7 Å². The molecule has 0 aliphatic carbocycles. The van der Waals surface area contributed by atoms with E-state index in [4.69, 9.17) is 21.1 Å². The standard InChI is InChI=1S/C15H14ClN3O2S/c1-20-11-5-4-9(6-12(11)21-2)14-10-7-13(16)18-15(22-3)19(10)8-17-14/h4-8H,1-3H3. The number of methoxy groups -OCH3 is 2. The van der Waals surface area contributed by atoms with Crippen LogP contribution in [0.2, 0.25) is 5.15 Å². The van der Waals surface area contributed by atoms with Crippen molar-refractivity contribution in [2.75, 3.05) is 20.5 Å². The summed E-state index contributed by atoms with van der Waals surface area (Å²) in [5.74, 6) is 1.34. The zero-order valence-corrected chi connectivity index (χ0v) is 13.9. The predicted octanol–water partition coefficient (Wildman–Crippen LogP) is 3.79. The van der Waals surface area contributed by atoms with Gasteiger partial charge in [0.2, 0.25) is 0 Å². The minimum atomic E-state index is 0.444. The van der Waals surface area contributed by atoms with Crippen molar-refractivity contribution in [2.24, 2.45) is 0 Å². The average Bonchev–Trinajstić information content (AvgIpc) is 2.96. The quantitative estimate of drug-likeness (QED) is 0.412. The Labute approximate surface area is 137 Å². The molecule has 0 radical (unpaired) electrons. The third-order valence-electron chi connectivity index (χ3n) is 3.31. The fourth-order valence-electron chi connectivity index (χ4n) is 2.29. The Morgan fingerprint density at radius 2 is 1.91 bits per heavy atom. The number of ether oxygens (including phenoxy) is 2. The highest BCUT2D eigenvalue weighted by molar-refractivity contribution is 7.98.